The van der Waals surface area contributed by atoms with Gasteiger partial charge in [0.05, 0.1) is 13.1 Å². The van der Waals surface area contributed by atoms with Crippen molar-refractivity contribution in [2.45, 2.75) is 169 Å². The van der Waals surface area contributed by atoms with Crippen LogP contribution in [0.15, 0.2) is 12.4 Å². The van der Waals surface area contributed by atoms with Crippen LogP contribution in [-0.2, 0) is 19.5 Å². The highest BCUT2D eigenvalue weighted by Gasteiger charge is 2.15. The van der Waals surface area contributed by atoms with Gasteiger partial charge in [0, 0.05) is 6.42 Å². The molecule has 0 saturated heterocycles. The van der Waals surface area contributed by atoms with E-state index in [0.29, 0.717) is 0 Å². The molecule has 0 spiro atoms. The summed E-state index contributed by atoms with van der Waals surface area (Å²) in [5, 5.41) is 0. The molecular weight excluding hydrogens is 376 g/mol. The number of imidazole rings is 1. The van der Waals surface area contributed by atoms with Gasteiger partial charge in [0.1, 0.15) is 12.4 Å². The standard InChI is InChI=1S/C29H57N2/c1-4-7-9-10-11-12-13-14-15-16-17-18-19-20-21-22-23-25-29-30(6-3)27-28-31(29)26-24-8-5-2/h27-28H,4-26H2,1-3H3/q+1. The molecule has 0 saturated carbocycles. The molecule has 182 valence electrons. The average molecular weight is 434 g/mol. The second kappa shape index (κ2) is 21.1. The molecule has 1 rings (SSSR count). The van der Waals surface area contributed by atoms with Gasteiger partial charge in [-0.25, -0.2) is 9.13 Å². The lowest BCUT2D eigenvalue weighted by molar-refractivity contribution is -0.704. The zero-order chi connectivity index (χ0) is 22.4. The Labute approximate surface area is 196 Å². The minimum Gasteiger partial charge on any atom is -0.235 e. The summed E-state index contributed by atoms with van der Waals surface area (Å²) >= 11 is 0. The second-order valence-corrected chi connectivity index (χ2v) is 9.81. The van der Waals surface area contributed by atoms with Crippen LogP contribution in [0.2, 0.25) is 0 Å². The van der Waals surface area contributed by atoms with Crippen LogP contribution >= 0.6 is 0 Å². The topological polar surface area (TPSA) is 8.81 Å². The molecule has 0 aromatic carbocycles. The van der Waals surface area contributed by atoms with E-state index in [9.17, 15) is 0 Å². The summed E-state index contributed by atoms with van der Waals surface area (Å²) in [6, 6.07) is 0. The highest BCUT2D eigenvalue weighted by atomic mass is 15.1. The Morgan fingerprint density at radius 1 is 0.548 bits per heavy atom. The SMILES string of the molecule is CCCCCCCCCCCCCCCCCCCc1n(CC)cc[n+]1CCCCC. The third-order valence-corrected chi connectivity index (χ3v) is 6.94. The molecule has 2 heteroatoms. The maximum absolute atomic E-state index is 2.52. The molecule has 0 unspecified atom stereocenters. The predicted molar refractivity (Wildman–Crippen MR) is 138 cm³/mol. The fourth-order valence-electron chi connectivity index (χ4n) is 4.82. The summed E-state index contributed by atoms with van der Waals surface area (Å²) in [6.07, 6.45) is 34.5. The molecule has 31 heavy (non-hydrogen) atoms. The number of aryl methyl sites for hydroxylation is 2. The van der Waals surface area contributed by atoms with Crippen molar-refractivity contribution < 1.29 is 4.57 Å². The normalized spacial score (nSPS) is 11.5. The summed E-state index contributed by atoms with van der Waals surface area (Å²) in [4.78, 5) is 0. The molecule has 0 amide bonds. The van der Waals surface area contributed by atoms with E-state index in [2.05, 4.69) is 42.3 Å². The Hall–Kier alpha value is -0.790. The van der Waals surface area contributed by atoms with Crippen molar-refractivity contribution in [1.82, 2.24) is 4.57 Å². The molecule has 1 aromatic rings. The van der Waals surface area contributed by atoms with E-state index in [-0.39, 0.29) is 0 Å². The fraction of sp³-hybridized carbons (Fsp3) is 0.897. The number of rotatable bonds is 23. The van der Waals surface area contributed by atoms with Gasteiger partial charge in [-0.3, -0.25) is 0 Å². The quantitative estimate of drug-likeness (QED) is 0.120. The monoisotopic (exact) mass is 433 g/mol. The zero-order valence-corrected chi connectivity index (χ0v) is 21.8. The smallest absolute Gasteiger partial charge is 0.235 e. The Kier molecular flexibility index (Phi) is 19.2. The summed E-state index contributed by atoms with van der Waals surface area (Å²) in [7, 11) is 0. The Morgan fingerprint density at radius 3 is 1.42 bits per heavy atom. The van der Waals surface area contributed by atoms with Gasteiger partial charge in [0.25, 0.3) is 5.82 Å². The molecular formula is C29H57N2+. The fourth-order valence-corrected chi connectivity index (χ4v) is 4.82. The molecule has 0 N–H and O–H groups in total. The Balaban J connectivity index is 1.92. The summed E-state index contributed by atoms with van der Waals surface area (Å²) in [5.74, 6) is 1.56. The first-order valence-corrected chi connectivity index (χ1v) is 14.4. The van der Waals surface area contributed by atoms with Crippen molar-refractivity contribution in [1.29, 1.82) is 0 Å². The molecule has 0 bridgehead atoms. The molecule has 0 aliphatic heterocycles. The van der Waals surface area contributed by atoms with Gasteiger partial charge in [-0.05, 0) is 26.2 Å². The lowest BCUT2D eigenvalue weighted by Gasteiger charge is -2.05. The summed E-state index contributed by atoms with van der Waals surface area (Å²) in [5.41, 5.74) is 0. The van der Waals surface area contributed by atoms with Gasteiger partial charge in [0.2, 0.25) is 0 Å². The summed E-state index contributed by atoms with van der Waals surface area (Å²) in [6.45, 7) is 9.18. The van der Waals surface area contributed by atoms with Gasteiger partial charge >= 0.3 is 0 Å². The van der Waals surface area contributed by atoms with Crippen molar-refractivity contribution in [2.24, 2.45) is 0 Å². The largest absolute Gasteiger partial charge is 0.256 e. The number of hydrogen-bond donors (Lipinski definition) is 0. The van der Waals surface area contributed by atoms with Crippen LogP contribution in [0.3, 0.4) is 0 Å². The highest BCUT2D eigenvalue weighted by Crippen LogP contribution is 2.14. The van der Waals surface area contributed by atoms with Crippen molar-refractivity contribution >= 4 is 0 Å². The van der Waals surface area contributed by atoms with Crippen molar-refractivity contribution in [2.75, 3.05) is 0 Å². The average Bonchev–Trinajstić information content (AvgIpc) is 3.17. The summed E-state index contributed by atoms with van der Waals surface area (Å²) < 4.78 is 4.98. The van der Waals surface area contributed by atoms with E-state index in [1.165, 1.54) is 141 Å². The second-order valence-electron chi connectivity index (χ2n) is 9.81. The van der Waals surface area contributed by atoms with Crippen molar-refractivity contribution in [3.8, 4) is 0 Å². The van der Waals surface area contributed by atoms with Crippen LogP contribution in [0.5, 0.6) is 0 Å². The minimum atomic E-state index is 1.11. The van der Waals surface area contributed by atoms with Gasteiger partial charge in [-0.15, -0.1) is 0 Å². The zero-order valence-electron chi connectivity index (χ0n) is 21.8. The first-order valence-electron chi connectivity index (χ1n) is 14.4. The number of aromatic nitrogens is 2. The molecule has 1 aromatic heterocycles. The molecule has 0 atom stereocenters. The number of nitrogens with zero attached hydrogens (tertiary/aromatic N) is 2. The number of hydrogen-bond acceptors (Lipinski definition) is 0. The van der Waals surface area contributed by atoms with Crippen LogP contribution in [0.4, 0.5) is 0 Å². The first kappa shape index (κ1) is 28.2. The lowest BCUT2D eigenvalue weighted by atomic mass is 10.0. The highest BCUT2D eigenvalue weighted by molar-refractivity contribution is 4.83. The van der Waals surface area contributed by atoms with E-state index >= 15 is 0 Å². The molecule has 0 aliphatic rings. The molecule has 0 fully saturated rings. The van der Waals surface area contributed by atoms with E-state index in [0.717, 1.165) is 6.54 Å². The molecule has 0 aliphatic carbocycles. The third kappa shape index (κ3) is 14.8. The number of unbranched alkanes of at least 4 members (excludes halogenated alkanes) is 18. The van der Waals surface area contributed by atoms with E-state index < -0.39 is 0 Å². The predicted octanol–water partition coefficient (Wildman–Crippen LogP) is 9.18. The van der Waals surface area contributed by atoms with Crippen LogP contribution < -0.4 is 4.57 Å². The first-order chi connectivity index (χ1) is 15.3. The third-order valence-electron chi connectivity index (χ3n) is 6.94. The lowest BCUT2D eigenvalue weighted by Crippen LogP contribution is -2.37. The Morgan fingerprint density at radius 2 is 0.968 bits per heavy atom. The molecule has 0 radical (unpaired) electrons. The maximum Gasteiger partial charge on any atom is 0.256 e. The van der Waals surface area contributed by atoms with Gasteiger partial charge in [-0.1, -0.05) is 123 Å². The van der Waals surface area contributed by atoms with E-state index in [1.54, 1.807) is 5.82 Å². The van der Waals surface area contributed by atoms with Gasteiger partial charge in [0.15, 0.2) is 0 Å². The van der Waals surface area contributed by atoms with E-state index in [1.807, 2.05) is 0 Å². The molecule has 1 heterocycles. The van der Waals surface area contributed by atoms with Crippen LogP contribution in [-0.4, -0.2) is 4.57 Å². The van der Waals surface area contributed by atoms with Crippen molar-refractivity contribution in [3.05, 3.63) is 18.2 Å². The van der Waals surface area contributed by atoms with Gasteiger partial charge in [-0.2, -0.15) is 0 Å². The van der Waals surface area contributed by atoms with Crippen LogP contribution in [0.25, 0.3) is 0 Å². The van der Waals surface area contributed by atoms with Crippen LogP contribution in [0, 0.1) is 0 Å². The molecule has 2 nitrogen and oxygen atoms in total. The maximum atomic E-state index is 2.52. The van der Waals surface area contributed by atoms with Gasteiger partial charge < -0.3 is 0 Å². The van der Waals surface area contributed by atoms with Crippen LogP contribution in [0.1, 0.15) is 155 Å². The Bertz CT molecular complexity index is 491. The van der Waals surface area contributed by atoms with E-state index in [4.69, 9.17) is 0 Å². The minimum absolute atomic E-state index is 1.11. The van der Waals surface area contributed by atoms with Crippen molar-refractivity contribution in [3.63, 3.8) is 0 Å².